The molecule has 110 valence electrons. The van der Waals surface area contributed by atoms with Crippen LogP contribution in [-0.4, -0.2) is 29.9 Å². The van der Waals surface area contributed by atoms with Crippen LogP contribution in [0.25, 0.3) is 10.9 Å². The van der Waals surface area contributed by atoms with E-state index in [4.69, 9.17) is 5.73 Å². The van der Waals surface area contributed by atoms with Gasteiger partial charge in [0.15, 0.2) is 0 Å². The molecule has 0 aliphatic heterocycles. The molecule has 21 heavy (non-hydrogen) atoms. The second kappa shape index (κ2) is 6.69. The maximum absolute atomic E-state index is 12.2. The van der Waals surface area contributed by atoms with Gasteiger partial charge in [-0.2, -0.15) is 0 Å². The van der Waals surface area contributed by atoms with Crippen LogP contribution in [0.2, 0.25) is 0 Å². The average molecular weight is 286 g/mol. The highest BCUT2D eigenvalue weighted by atomic mass is 16.2. The van der Waals surface area contributed by atoms with Crippen molar-refractivity contribution >= 4 is 28.5 Å². The molecule has 0 saturated heterocycles. The Hall–Kier alpha value is -2.63. The highest BCUT2D eigenvalue weighted by molar-refractivity contribution is 6.06. The van der Waals surface area contributed by atoms with Gasteiger partial charge in [0.25, 0.3) is 5.91 Å². The van der Waals surface area contributed by atoms with Gasteiger partial charge in [-0.05, 0) is 19.1 Å². The number of nitrogens with one attached hydrogen (secondary N) is 2. The molecular weight excluding hydrogens is 268 g/mol. The van der Waals surface area contributed by atoms with Crippen LogP contribution in [0, 0.1) is 0 Å². The van der Waals surface area contributed by atoms with Crippen molar-refractivity contribution in [1.29, 1.82) is 0 Å². The van der Waals surface area contributed by atoms with E-state index in [9.17, 15) is 9.59 Å². The normalized spacial score (nSPS) is 10.3. The number of carbonyl (C=O) groups excluding carboxylic acids is 2. The first-order valence-electron chi connectivity index (χ1n) is 6.82. The smallest absolute Gasteiger partial charge is 0.252 e. The molecular formula is C15H18N4O2. The fourth-order valence-electron chi connectivity index (χ4n) is 2.05. The topological polar surface area (TPSA) is 97.1 Å². The Morgan fingerprint density at radius 2 is 2.00 bits per heavy atom. The van der Waals surface area contributed by atoms with Gasteiger partial charge >= 0.3 is 0 Å². The summed E-state index contributed by atoms with van der Waals surface area (Å²) in [6.07, 6.45) is 0.248. The molecule has 2 aromatic rings. The summed E-state index contributed by atoms with van der Waals surface area (Å²) < 4.78 is 0. The molecule has 4 N–H and O–H groups in total. The van der Waals surface area contributed by atoms with Crippen molar-refractivity contribution in [2.45, 2.75) is 13.3 Å². The van der Waals surface area contributed by atoms with E-state index < -0.39 is 0 Å². The van der Waals surface area contributed by atoms with Crippen LogP contribution in [-0.2, 0) is 4.79 Å². The minimum absolute atomic E-state index is 0.0862. The van der Waals surface area contributed by atoms with Gasteiger partial charge < -0.3 is 16.4 Å². The van der Waals surface area contributed by atoms with E-state index in [-0.39, 0.29) is 24.8 Å². The molecule has 0 bridgehead atoms. The van der Waals surface area contributed by atoms with Crippen LogP contribution in [0.1, 0.15) is 23.7 Å². The third-order valence-electron chi connectivity index (χ3n) is 2.99. The molecule has 6 nitrogen and oxygen atoms in total. The number of para-hydroxylation sites is 1. The van der Waals surface area contributed by atoms with Crippen molar-refractivity contribution in [3.8, 4) is 0 Å². The summed E-state index contributed by atoms with van der Waals surface area (Å²) in [6, 6.07) is 8.85. The van der Waals surface area contributed by atoms with E-state index in [1.165, 1.54) is 0 Å². The number of hydrogen-bond donors (Lipinski definition) is 3. The molecule has 0 atom stereocenters. The number of pyridine rings is 1. The summed E-state index contributed by atoms with van der Waals surface area (Å²) in [4.78, 5) is 27.7. The van der Waals surface area contributed by atoms with Crippen molar-refractivity contribution in [2.24, 2.45) is 0 Å². The van der Waals surface area contributed by atoms with Crippen LogP contribution in [0.4, 0.5) is 5.82 Å². The number of benzene rings is 1. The summed E-state index contributed by atoms with van der Waals surface area (Å²) in [5.41, 5.74) is 6.86. The van der Waals surface area contributed by atoms with Crippen molar-refractivity contribution in [2.75, 3.05) is 18.8 Å². The molecule has 0 fully saturated rings. The van der Waals surface area contributed by atoms with Crippen LogP contribution >= 0.6 is 0 Å². The van der Waals surface area contributed by atoms with Crippen LogP contribution < -0.4 is 16.4 Å². The highest BCUT2D eigenvalue weighted by Crippen LogP contribution is 2.19. The Labute approximate surface area is 122 Å². The Morgan fingerprint density at radius 3 is 2.76 bits per heavy atom. The molecule has 1 aromatic heterocycles. The number of hydrogen-bond acceptors (Lipinski definition) is 4. The van der Waals surface area contributed by atoms with Gasteiger partial charge in [0.1, 0.15) is 5.82 Å². The number of amides is 2. The first kappa shape index (κ1) is 14.8. The number of nitrogen functional groups attached to an aromatic ring is 1. The molecule has 0 radical (unpaired) electrons. The Kier molecular flexibility index (Phi) is 4.71. The molecule has 2 amide bonds. The van der Waals surface area contributed by atoms with Crippen molar-refractivity contribution < 1.29 is 9.59 Å². The van der Waals surface area contributed by atoms with Gasteiger partial charge in [-0.1, -0.05) is 18.2 Å². The largest absolute Gasteiger partial charge is 0.384 e. The lowest BCUT2D eigenvalue weighted by Crippen LogP contribution is -2.30. The predicted octanol–water partition coefficient (Wildman–Crippen LogP) is 1.07. The maximum Gasteiger partial charge on any atom is 0.252 e. The Balaban J connectivity index is 2.11. The lowest BCUT2D eigenvalue weighted by Gasteiger charge is -2.09. The summed E-state index contributed by atoms with van der Waals surface area (Å²) in [7, 11) is 0. The lowest BCUT2D eigenvalue weighted by molar-refractivity contribution is -0.120. The molecule has 1 heterocycles. The number of anilines is 1. The molecule has 0 aliphatic carbocycles. The quantitative estimate of drug-likeness (QED) is 0.766. The predicted molar refractivity (Wildman–Crippen MR) is 81.8 cm³/mol. The summed E-state index contributed by atoms with van der Waals surface area (Å²) >= 11 is 0. The number of rotatable bonds is 5. The van der Waals surface area contributed by atoms with Crippen LogP contribution in [0.5, 0.6) is 0 Å². The molecule has 0 spiro atoms. The summed E-state index contributed by atoms with van der Waals surface area (Å²) in [5, 5.41) is 6.14. The van der Waals surface area contributed by atoms with Gasteiger partial charge in [0.05, 0.1) is 11.1 Å². The maximum atomic E-state index is 12.2. The fraction of sp³-hybridized carbons (Fsp3) is 0.267. The van der Waals surface area contributed by atoms with E-state index in [0.29, 0.717) is 23.4 Å². The molecule has 6 heteroatoms. The van der Waals surface area contributed by atoms with Crippen molar-refractivity contribution in [1.82, 2.24) is 15.6 Å². The van der Waals surface area contributed by atoms with Crippen molar-refractivity contribution in [3.63, 3.8) is 0 Å². The zero-order chi connectivity index (χ0) is 15.2. The zero-order valence-corrected chi connectivity index (χ0v) is 11.8. The molecule has 0 aliphatic rings. The fourth-order valence-corrected chi connectivity index (χ4v) is 2.05. The van der Waals surface area contributed by atoms with Gasteiger partial charge in [-0.15, -0.1) is 0 Å². The summed E-state index contributed by atoms with van der Waals surface area (Å²) in [5.74, 6) is -0.0518. The van der Waals surface area contributed by atoms with Crippen molar-refractivity contribution in [3.05, 3.63) is 35.9 Å². The minimum Gasteiger partial charge on any atom is -0.384 e. The SMILES string of the molecule is CCNC(=O)CCNC(=O)c1cc(N)nc2ccccc12. The lowest BCUT2D eigenvalue weighted by atomic mass is 10.1. The second-order valence-electron chi connectivity index (χ2n) is 4.57. The number of nitrogens with two attached hydrogens (primary N) is 1. The van der Waals surface area contributed by atoms with E-state index >= 15 is 0 Å². The molecule has 0 unspecified atom stereocenters. The standard InChI is InChI=1S/C15H18N4O2/c1-2-17-14(20)7-8-18-15(21)11-9-13(16)19-12-6-4-3-5-10(11)12/h3-6,9H,2,7-8H2,1H3,(H2,16,19)(H,17,20)(H,18,21). The zero-order valence-electron chi connectivity index (χ0n) is 11.8. The first-order chi connectivity index (χ1) is 10.1. The minimum atomic E-state index is -0.260. The van der Waals surface area contributed by atoms with Gasteiger partial charge in [-0.25, -0.2) is 4.98 Å². The van der Waals surface area contributed by atoms with Crippen LogP contribution in [0.15, 0.2) is 30.3 Å². The van der Waals surface area contributed by atoms with Crippen LogP contribution in [0.3, 0.4) is 0 Å². The second-order valence-corrected chi connectivity index (χ2v) is 4.57. The molecule has 1 aromatic carbocycles. The monoisotopic (exact) mass is 286 g/mol. The van der Waals surface area contributed by atoms with Gasteiger partial charge in [-0.3, -0.25) is 9.59 Å². The third-order valence-corrected chi connectivity index (χ3v) is 2.99. The molecule has 2 rings (SSSR count). The third kappa shape index (κ3) is 3.68. The Bertz CT molecular complexity index is 670. The number of fused-ring (bicyclic) bond motifs is 1. The number of nitrogens with zero attached hydrogens (tertiary/aromatic N) is 1. The van der Waals surface area contributed by atoms with E-state index in [0.717, 1.165) is 5.39 Å². The van der Waals surface area contributed by atoms with Gasteiger partial charge in [0.2, 0.25) is 5.91 Å². The number of aromatic nitrogens is 1. The van der Waals surface area contributed by atoms with E-state index in [1.807, 2.05) is 25.1 Å². The molecule has 0 saturated carbocycles. The summed E-state index contributed by atoms with van der Waals surface area (Å²) in [6.45, 7) is 2.71. The Morgan fingerprint density at radius 1 is 1.24 bits per heavy atom. The highest BCUT2D eigenvalue weighted by Gasteiger charge is 2.12. The van der Waals surface area contributed by atoms with E-state index in [1.54, 1.807) is 12.1 Å². The first-order valence-corrected chi connectivity index (χ1v) is 6.82. The van der Waals surface area contributed by atoms with Gasteiger partial charge in [0, 0.05) is 24.9 Å². The number of carbonyl (C=O) groups is 2. The average Bonchev–Trinajstić information content (AvgIpc) is 2.46. The van der Waals surface area contributed by atoms with E-state index in [2.05, 4.69) is 15.6 Å².